The summed E-state index contributed by atoms with van der Waals surface area (Å²) in [5, 5.41) is 26.7. The molecule has 3 aromatic rings. The van der Waals surface area contributed by atoms with Gasteiger partial charge in [-0.15, -0.1) is 11.3 Å². The molecule has 0 amide bonds. The van der Waals surface area contributed by atoms with Crippen LogP contribution in [-0.4, -0.2) is 26.5 Å². The van der Waals surface area contributed by atoms with Crippen molar-refractivity contribution in [2.45, 2.75) is 0 Å². The van der Waals surface area contributed by atoms with Crippen LogP contribution in [0.4, 0.5) is 0 Å². The van der Waals surface area contributed by atoms with Gasteiger partial charge in [0.2, 0.25) is 0 Å². The number of furan rings is 2. The van der Waals surface area contributed by atoms with Crippen LogP contribution >= 0.6 is 11.3 Å². The predicted octanol–water partition coefficient (Wildman–Crippen LogP) is 6.19. The van der Waals surface area contributed by atoms with Gasteiger partial charge in [-0.05, 0) is 48.6 Å². The Bertz CT molecular complexity index is 1520. The predicted molar refractivity (Wildman–Crippen MR) is 136 cm³/mol. The molecular formula is C27H18N4O4S. The van der Waals surface area contributed by atoms with Crippen molar-refractivity contribution in [1.29, 1.82) is 15.8 Å². The van der Waals surface area contributed by atoms with Crippen LogP contribution in [0.25, 0.3) is 33.4 Å². The summed E-state index contributed by atoms with van der Waals surface area (Å²) >= 11 is 1.43. The molecule has 0 atom stereocenters. The number of rotatable bonds is 7. The lowest BCUT2D eigenvalue weighted by molar-refractivity contribution is 0.174. The molecule has 0 N–H and O–H groups in total. The van der Waals surface area contributed by atoms with Crippen LogP contribution < -0.4 is 9.47 Å². The van der Waals surface area contributed by atoms with Crippen LogP contribution in [0.5, 0.6) is 11.5 Å². The van der Waals surface area contributed by atoms with Crippen LogP contribution in [0.2, 0.25) is 0 Å². The van der Waals surface area contributed by atoms with E-state index in [-0.39, 0.29) is 5.57 Å². The third-order valence-electron chi connectivity index (χ3n) is 4.80. The van der Waals surface area contributed by atoms with Crippen LogP contribution in [0.3, 0.4) is 0 Å². The Balaban J connectivity index is 1.62. The number of nitrogens with zero attached hydrogens (tertiary/aromatic N) is 4. The maximum Gasteiger partial charge on any atom is 0.183 e. The summed E-state index contributed by atoms with van der Waals surface area (Å²) in [6.07, 6.45) is 11.3. The van der Waals surface area contributed by atoms with E-state index in [1.54, 1.807) is 55.6 Å². The first-order valence-electron chi connectivity index (χ1n) is 10.7. The zero-order valence-corrected chi connectivity index (χ0v) is 19.9. The van der Waals surface area contributed by atoms with E-state index < -0.39 is 0 Å². The highest BCUT2D eigenvalue weighted by Gasteiger charge is 2.29. The smallest absolute Gasteiger partial charge is 0.183 e. The summed E-state index contributed by atoms with van der Waals surface area (Å²) in [5.74, 6) is 3.57. The second-order valence-electron chi connectivity index (χ2n) is 7.16. The number of allylic oxidation sites excluding steroid dienone is 6. The lowest BCUT2D eigenvalue weighted by atomic mass is 10.2. The van der Waals surface area contributed by atoms with Crippen molar-refractivity contribution in [3.8, 4) is 51.0 Å². The van der Waals surface area contributed by atoms with Gasteiger partial charge in [-0.2, -0.15) is 15.8 Å². The molecule has 0 fully saturated rings. The fourth-order valence-corrected chi connectivity index (χ4v) is 4.35. The third kappa shape index (κ3) is 5.37. The Morgan fingerprint density at radius 3 is 1.89 bits per heavy atom. The fraction of sp³-hybridized carbons (Fsp3) is 0.111. The highest BCUT2D eigenvalue weighted by Crippen LogP contribution is 2.54. The monoisotopic (exact) mass is 494 g/mol. The molecule has 1 aliphatic heterocycles. The lowest BCUT2D eigenvalue weighted by Gasteiger charge is -2.16. The van der Waals surface area contributed by atoms with Crippen LogP contribution in [0, 0.1) is 34.0 Å². The van der Waals surface area contributed by atoms with Crippen LogP contribution in [0.15, 0.2) is 73.5 Å². The van der Waals surface area contributed by atoms with Gasteiger partial charge >= 0.3 is 0 Å². The van der Waals surface area contributed by atoms with Gasteiger partial charge in [-0.25, -0.2) is 0 Å². The van der Waals surface area contributed by atoms with Gasteiger partial charge in [0.05, 0.1) is 5.57 Å². The number of aliphatic imine (C=N–C) groups is 1. The molecule has 0 saturated heterocycles. The number of ether oxygens (including phenoxy) is 2. The fourth-order valence-electron chi connectivity index (χ4n) is 3.24. The zero-order valence-electron chi connectivity index (χ0n) is 19.1. The van der Waals surface area contributed by atoms with Gasteiger partial charge in [0.15, 0.2) is 11.5 Å². The Labute approximate surface area is 211 Å². The second kappa shape index (κ2) is 11.4. The first kappa shape index (κ1) is 24.1. The minimum absolute atomic E-state index is 0.00420. The maximum absolute atomic E-state index is 9.07. The van der Waals surface area contributed by atoms with E-state index in [0.29, 0.717) is 53.3 Å². The van der Waals surface area contributed by atoms with E-state index in [1.807, 2.05) is 18.2 Å². The molecule has 3 aromatic heterocycles. The van der Waals surface area contributed by atoms with Gasteiger partial charge in [-0.3, -0.25) is 4.99 Å². The minimum Gasteiger partial charge on any atom is -0.484 e. The number of thiophene rings is 1. The van der Waals surface area contributed by atoms with Crippen molar-refractivity contribution in [2.75, 3.05) is 20.3 Å². The quantitative estimate of drug-likeness (QED) is 0.217. The topological polar surface area (TPSA) is 128 Å². The first-order chi connectivity index (χ1) is 17.7. The standard InChI is InChI=1S/C27H18N4O4S/c1-31-17-19(16-30)5-3-7-21-9-11-23(35-21)27-25-24(32-12-13-33-25)26(36-27)22-10-8-20(34-22)6-2-4-18(14-28)15-29/h2-11,17H,12-13H2,1H3/b6-2+,7-3+,19-5+,31-17?. The molecule has 0 saturated carbocycles. The van der Waals surface area contributed by atoms with E-state index >= 15 is 0 Å². The first-order valence-corrected chi connectivity index (χ1v) is 11.5. The van der Waals surface area contributed by atoms with Crippen LogP contribution in [0.1, 0.15) is 11.5 Å². The Morgan fingerprint density at radius 1 is 0.833 bits per heavy atom. The summed E-state index contributed by atoms with van der Waals surface area (Å²) < 4.78 is 23.8. The van der Waals surface area contributed by atoms with Gasteiger partial charge in [-0.1, -0.05) is 12.2 Å². The highest BCUT2D eigenvalue weighted by atomic mass is 32.1. The van der Waals surface area contributed by atoms with Crippen molar-refractivity contribution in [3.63, 3.8) is 0 Å². The summed E-state index contributed by atoms with van der Waals surface area (Å²) in [5.41, 5.74) is 0.437. The zero-order chi connectivity index (χ0) is 25.3. The number of hydrogen-bond acceptors (Lipinski definition) is 9. The molecule has 0 spiro atoms. The molecule has 36 heavy (non-hydrogen) atoms. The normalized spacial score (nSPS) is 13.1. The number of hydrogen-bond donors (Lipinski definition) is 0. The Morgan fingerprint density at radius 2 is 1.39 bits per heavy atom. The molecule has 0 aliphatic carbocycles. The largest absolute Gasteiger partial charge is 0.484 e. The van der Waals surface area contributed by atoms with E-state index in [9.17, 15) is 0 Å². The Kier molecular flexibility index (Phi) is 7.63. The van der Waals surface area contributed by atoms with Crippen molar-refractivity contribution in [2.24, 2.45) is 4.99 Å². The molecule has 4 heterocycles. The molecule has 9 heteroatoms. The molecule has 1 aliphatic rings. The molecule has 0 radical (unpaired) electrons. The van der Waals surface area contributed by atoms with Gasteiger partial charge in [0, 0.05) is 13.3 Å². The summed E-state index contributed by atoms with van der Waals surface area (Å²) in [6, 6.07) is 12.9. The highest BCUT2D eigenvalue weighted by molar-refractivity contribution is 7.19. The van der Waals surface area contributed by atoms with Crippen LogP contribution in [-0.2, 0) is 0 Å². The molecule has 0 unspecified atom stereocenters. The van der Waals surface area contributed by atoms with Gasteiger partial charge < -0.3 is 18.3 Å². The average molecular weight is 495 g/mol. The van der Waals surface area contributed by atoms with E-state index in [4.69, 9.17) is 34.1 Å². The minimum atomic E-state index is 0.00420. The van der Waals surface area contributed by atoms with E-state index in [1.165, 1.54) is 23.6 Å². The Hall–Kier alpha value is -5.04. The van der Waals surface area contributed by atoms with Crippen molar-refractivity contribution < 1.29 is 18.3 Å². The summed E-state index contributed by atoms with van der Waals surface area (Å²) in [6.45, 7) is 0.837. The van der Waals surface area contributed by atoms with Crippen molar-refractivity contribution >= 4 is 29.7 Å². The summed E-state index contributed by atoms with van der Waals surface area (Å²) in [7, 11) is 1.61. The second-order valence-corrected chi connectivity index (χ2v) is 8.18. The molecular weight excluding hydrogens is 476 g/mol. The number of fused-ring (bicyclic) bond motifs is 1. The SMILES string of the molecule is CN=C/C(C#N)=C/C=C/c1ccc(-c2sc(-c3ccc(/C=C/C=C(C#N)C#N)o3)c3c2OCCO3)o1. The maximum atomic E-state index is 9.07. The van der Waals surface area contributed by atoms with Crippen molar-refractivity contribution in [1.82, 2.24) is 0 Å². The summed E-state index contributed by atoms with van der Waals surface area (Å²) in [4.78, 5) is 5.38. The molecule has 0 bridgehead atoms. The van der Waals surface area contributed by atoms with E-state index in [0.717, 1.165) is 9.75 Å². The molecule has 4 rings (SSSR count). The van der Waals surface area contributed by atoms with Crippen molar-refractivity contribution in [3.05, 3.63) is 71.2 Å². The molecule has 8 nitrogen and oxygen atoms in total. The third-order valence-corrected chi connectivity index (χ3v) is 5.98. The molecule has 176 valence electrons. The lowest BCUT2D eigenvalue weighted by Crippen LogP contribution is -2.14. The van der Waals surface area contributed by atoms with E-state index in [2.05, 4.69) is 11.1 Å². The van der Waals surface area contributed by atoms with Gasteiger partial charge in [0.1, 0.15) is 69.8 Å². The average Bonchev–Trinajstić information content (AvgIpc) is 3.64. The van der Waals surface area contributed by atoms with Gasteiger partial charge in [0.25, 0.3) is 0 Å². The molecule has 0 aromatic carbocycles. The number of nitriles is 3.